The van der Waals surface area contributed by atoms with E-state index in [1.807, 2.05) is 18.0 Å². The largest absolute Gasteiger partial charge is 0.379 e. The van der Waals surface area contributed by atoms with Crippen LogP contribution in [0.3, 0.4) is 0 Å². The average Bonchev–Trinajstić information content (AvgIpc) is 3.70. The number of aromatic nitrogens is 4. The molecule has 4 heterocycles. The van der Waals surface area contributed by atoms with Crippen LogP contribution in [-0.2, 0) is 9.53 Å². The summed E-state index contributed by atoms with van der Waals surface area (Å²) in [6, 6.07) is 0.445. The van der Waals surface area contributed by atoms with Gasteiger partial charge in [0.25, 0.3) is 0 Å². The number of amides is 1. The second kappa shape index (κ2) is 11.6. The van der Waals surface area contributed by atoms with Crippen LogP contribution in [0.2, 0.25) is 0 Å². The van der Waals surface area contributed by atoms with Gasteiger partial charge < -0.3 is 25.2 Å². The van der Waals surface area contributed by atoms with Crippen LogP contribution in [0.1, 0.15) is 68.7 Å². The number of hydrogen-bond acceptors (Lipinski definition) is 8. The van der Waals surface area contributed by atoms with Crippen molar-refractivity contribution in [1.82, 2.24) is 29.5 Å². The maximum Gasteiger partial charge on any atom is 0.229 e. The Labute approximate surface area is 213 Å². The number of nitrogens with one attached hydrogen (secondary N) is 2. The van der Waals surface area contributed by atoms with Crippen LogP contribution in [-0.4, -0.2) is 87.9 Å². The Morgan fingerprint density at radius 2 is 1.97 bits per heavy atom. The summed E-state index contributed by atoms with van der Waals surface area (Å²) < 4.78 is 7.55. The molecule has 1 saturated carbocycles. The number of piperidine rings is 1. The Bertz CT molecular complexity index is 1030. The lowest BCUT2D eigenvalue weighted by Gasteiger charge is -2.31. The van der Waals surface area contributed by atoms with Crippen molar-refractivity contribution in [2.24, 2.45) is 0 Å². The highest BCUT2D eigenvalue weighted by molar-refractivity contribution is 5.76. The molecule has 0 unspecified atom stereocenters. The number of hydrogen-bond donors (Lipinski definition) is 2. The van der Waals surface area contributed by atoms with Gasteiger partial charge in [0.05, 0.1) is 37.1 Å². The fourth-order valence-electron chi connectivity index (χ4n) is 5.13. The SMILES string of the molecule is CCN1CCC(n2cc(Nc3ncc(C4CC4)c(NCCCN4CCOCCC4=O)n3)c(C)n2)CC1. The van der Waals surface area contributed by atoms with E-state index in [4.69, 9.17) is 14.8 Å². The third-order valence-electron chi connectivity index (χ3n) is 7.59. The highest BCUT2D eigenvalue weighted by atomic mass is 16.5. The minimum atomic E-state index is 0.187. The van der Waals surface area contributed by atoms with Crippen molar-refractivity contribution in [1.29, 1.82) is 0 Å². The van der Waals surface area contributed by atoms with Crippen LogP contribution in [0.5, 0.6) is 0 Å². The molecule has 2 aromatic rings. The maximum atomic E-state index is 12.2. The first kappa shape index (κ1) is 25.0. The van der Waals surface area contributed by atoms with Crippen LogP contribution in [0.15, 0.2) is 12.4 Å². The van der Waals surface area contributed by atoms with Crippen molar-refractivity contribution >= 4 is 23.4 Å². The average molecular weight is 497 g/mol. The molecule has 0 atom stereocenters. The van der Waals surface area contributed by atoms with Gasteiger partial charge in [0, 0.05) is 50.7 Å². The number of carbonyl (C=O) groups is 1. The molecule has 3 aliphatic rings. The summed E-state index contributed by atoms with van der Waals surface area (Å²) in [6.45, 7) is 11.0. The third kappa shape index (κ3) is 6.15. The van der Waals surface area contributed by atoms with E-state index >= 15 is 0 Å². The second-order valence-electron chi connectivity index (χ2n) is 10.2. The predicted octanol–water partition coefficient (Wildman–Crippen LogP) is 3.31. The van der Waals surface area contributed by atoms with Crippen LogP contribution >= 0.6 is 0 Å². The molecule has 36 heavy (non-hydrogen) atoms. The van der Waals surface area contributed by atoms with E-state index in [1.165, 1.54) is 18.4 Å². The zero-order valence-corrected chi connectivity index (χ0v) is 21.7. The summed E-state index contributed by atoms with van der Waals surface area (Å²) >= 11 is 0. The lowest BCUT2D eigenvalue weighted by atomic mass is 10.1. The van der Waals surface area contributed by atoms with Crippen LogP contribution in [0.25, 0.3) is 0 Å². The number of rotatable bonds is 10. The molecule has 2 aromatic heterocycles. The number of nitrogens with zero attached hydrogens (tertiary/aromatic N) is 6. The lowest BCUT2D eigenvalue weighted by Crippen LogP contribution is -2.34. The molecule has 0 bridgehead atoms. The number of ether oxygens (including phenoxy) is 1. The Morgan fingerprint density at radius 1 is 1.14 bits per heavy atom. The smallest absolute Gasteiger partial charge is 0.229 e. The number of aryl methyl sites for hydroxylation is 1. The van der Waals surface area contributed by atoms with Crippen molar-refractivity contribution in [2.75, 3.05) is 63.1 Å². The van der Waals surface area contributed by atoms with Crippen LogP contribution < -0.4 is 10.6 Å². The van der Waals surface area contributed by atoms with E-state index in [2.05, 4.69) is 38.3 Å². The molecule has 0 radical (unpaired) electrons. The first-order chi connectivity index (χ1) is 17.6. The highest BCUT2D eigenvalue weighted by Gasteiger charge is 2.28. The van der Waals surface area contributed by atoms with Crippen molar-refractivity contribution in [3.63, 3.8) is 0 Å². The molecule has 3 fully saturated rings. The Hall–Kier alpha value is -2.72. The summed E-state index contributed by atoms with van der Waals surface area (Å²) in [6.07, 6.45) is 10.1. The molecule has 1 amide bonds. The first-order valence-electron chi connectivity index (χ1n) is 13.6. The van der Waals surface area contributed by atoms with Crippen molar-refractivity contribution in [3.05, 3.63) is 23.7 Å². The van der Waals surface area contributed by atoms with E-state index < -0.39 is 0 Å². The van der Waals surface area contributed by atoms with Gasteiger partial charge in [-0.1, -0.05) is 6.92 Å². The standard InChI is InChI=1S/C26H40N8O2/c1-3-32-12-7-21(8-13-32)34-18-23(19(2)31-34)29-26-28-17-22(20-5-6-20)25(30-26)27-10-4-11-33-14-16-36-15-9-24(33)35/h17-18,20-21H,3-16H2,1-2H3,(H2,27,28,29,30). The van der Waals surface area contributed by atoms with Gasteiger partial charge >= 0.3 is 0 Å². The van der Waals surface area contributed by atoms with Gasteiger partial charge in [-0.05, 0) is 51.5 Å². The molecule has 5 rings (SSSR count). The highest BCUT2D eigenvalue weighted by Crippen LogP contribution is 2.43. The molecule has 10 heteroatoms. The molecular weight excluding hydrogens is 456 g/mol. The molecule has 0 aromatic carbocycles. The molecule has 2 aliphatic heterocycles. The summed E-state index contributed by atoms with van der Waals surface area (Å²) in [4.78, 5) is 26.1. The van der Waals surface area contributed by atoms with Gasteiger partial charge in [-0.3, -0.25) is 9.48 Å². The fraction of sp³-hybridized carbons (Fsp3) is 0.692. The minimum absolute atomic E-state index is 0.187. The maximum absolute atomic E-state index is 12.2. The van der Waals surface area contributed by atoms with Gasteiger partial charge in [0.15, 0.2) is 0 Å². The normalized spacial score (nSPS) is 19.9. The second-order valence-corrected chi connectivity index (χ2v) is 10.2. The zero-order valence-electron chi connectivity index (χ0n) is 21.7. The molecule has 10 nitrogen and oxygen atoms in total. The molecule has 196 valence electrons. The number of likely N-dealkylation sites (tertiary alicyclic amines) is 1. The van der Waals surface area contributed by atoms with E-state index in [9.17, 15) is 4.79 Å². The fourth-order valence-corrected chi connectivity index (χ4v) is 5.13. The summed E-state index contributed by atoms with van der Waals surface area (Å²) in [5, 5.41) is 11.7. The van der Waals surface area contributed by atoms with E-state index in [0.717, 1.165) is 69.2 Å². The van der Waals surface area contributed by atoms with E-state index in [0.29, 0.717) is 44.1 Å². The molecule has 1 aliphatic carbocycles. The molecule has 0 spiro atoms. The summed E-state index contributed by atoms with van der Waals surface area (Å²) in [5.41, 5.74) is 3.11. The van der Waals surface area contributed by atoms with Crippen molar-refractivity contribution in [2.45, 2.75) is 64.3 Å². The quantitative estimate of drug-likeness (QED) is 0.483. The van der Waals surface area contributed by atoms with Gasteiger partial charge in [0.2, 0.25) is 11.9 Å². The van der Waals surface area contributed by atoms with Gasteiger partial charge in [-0.15, -0.1) is 0 Å². The first-order valence-corrected chi connectivity index (χ1v) is 13.6. The topological polar surface area (TPSA) is 100 Å². The molecule has 2 N–H and O–H groups in total. The lowest BCUT2D eigenvalue weighted by molar-refractivity contribution is -0.130. The van der Waals surface area contributed by atoms with Gasteiger partial charge in [0.1, 0.15) is 5.82 Å². The van der Waals surface area contributed by atoms with Crippen molar-refractivity contribution in [3.8, 4) is 0 Å². The van der Waals surface area contributed by atoms with Crippen molar-refractivity contribution < 1.29 is 9.53 Å². The molecular formula is C26H40N8O2. The van der Waals surface area contributed by atoms with Crippen LogP contribution in [0.4, 0.5) is 17.5 Å². The number of anilines is 3. The minimum Gasteiger partial charge on any atom is -0.379 e. The van der Waals surface area contributed by atoms with E-state index in [1.54, 1.807) is 0 Å². The summed E-state index contributed by atoms with van der Waals surface area (Å²) in [7, 11) is 0. The Morgan fingerprint density at radius 3 is 2.75 bits per heavy atom. The monoisotopic (exact) mass is 496 g/mol. The zero-order chi connectivity index (χ0) is 24.9. The van der Waals surface area contributed by atoms with Crippen LogP contribution in [0, 0.1) is 6.92 Å². The predicted molar refractivity (Wildman–Crippen MR) is 140 cm³/mol. The summed E-state index contributed by atoms with van der Waals surface area (Å²) in [5.74, 6) is 2.22. The van der Waals surface area contributed by atoms with Gasteiger partial charge in [-0.2, -0.15) is 10.1 Å². The number of carbonyl (C=O) groups excluding carboxylic acids is 1. The molecule has 2 saturated heterocycles. The van der Waals surface area contributed by atoms with Gasteiger partial charge in [-0.25, -0.2) is 4.98 Å². The Kier molecular flexibility index (Phi) is 8.01. The third-order valence-corrected chi connectivity index (χ3v) is 7.59. The Balaban J connectivity index is 1.20. The van der Waals surface area contributed by atoms with E-state index in [-0.39, 0.29) is 5.91 Å².